The predicted molar refractivity (Wildman–Crippen MR) is 134 cm³/mol. The number of primary amides is 1. The molecule has 0 radical (unpaired) electrons. The maximum absolute atomic E-state index is 11.0. The van der Waals surface area contributed by atoms with Gasteiger partial charge in [0.2, 0.25) is 0 Å². The van der Waals surface area contributed by atoms with Crippen LogP contribution in [0.1, 0.15) is 71.8 Å². The second-order valence-electron chi connectivity index (χ2n) is 10.3. The van der Waals surface area contributed by atoms with E-state index in [1.807, 2.05) is 12.3 Å². The van der Waals surface area contributed by atoms with Crippen molar-refractivity contribution in [3.63, 3.8) is 0 Å². The Bertz CT molecular complexity index is 901. The average Bonchev–Trinajstić information content (AvgIpc) is 2.77. The minimum absolute atomic E-state index is 0.0850. The molecule has 1 amide bonds. The van der Waals surface area contributed by atoms with Gasteiger partial charge in [0.15, 0.2) is 0 Å². The molecule has 1 aliphatic heterocycles. The second-order valence-corrected chi connectivity index (χ2v) is 10.3. The number of nitrogens with two attached hydrogens (primary N) is 1. The van der Waals surface area contributed by atoms with Crippen LogP contribution in [0.5, 0.6) is 5.75 Å². The van der Waals surface area contributed by atoms with Crippen LogP contribution in [0, 0.1) is 5.41 Å². The molecule has 182 valence electrons. The molecule has 0 bridgehead atoms. The molecule has 3 rings (SSSR count). The number of pyridine rings is 1. The van der Waals surface area contributed by atoms with Gasteiger partial charge in [-0.15, -0.1) is 0 Å². The SMILES string of the molecule is CCCCCc1cc(OC2CCN(C(CCOC(N)=O)C(C)(C)C)CC2)c2ncccc2c1. The van der Waals surface area contributed by atoms with Crippen LogP contribution in [-0.2, 0) is 11.2 Å². The lowest BCUT2D eigenvalue weighted by atomic mass is 9.82. The van der Waals surface area contributed by atoms with Crippen LogP contribution in [-0.4, -0.2) is 47.8 Å². The van der Waals surface area contributed by atoms with Crippen molar-refractivity contribution in [3.05, 3.63) is 36.0 Å². The van der Waals surface area contributed by atoms with Crippen molar-refractivity contribution in [1.82, 2.24) is 9.88 Å². The van der Waals surface area contributed by atoms with Crippen LogP contribution in [0.4, 0.5) is 4.79 Å². The summed E-state index contributed by atoms with van der Waals surface area (Å²) < 4.78 is 11.6. The van der Waals surface area contributed by atoms with Gasteiger partial charge in [0, 0.05) is 30.7 Å². The summed E-state index contributed by atoms with van der Waals surface area (Å²) >= 11 is 0. The summed E-state index contributed by atoms with van der Waals surface area (Å²) in [5.74, 6) is 0.917. The minimum Gasteiger partial charge on any atom is -0.488 e. The monoisotopic (exact) mass is 455 g/mol. The number of hydrogen-bond acceptors (Lipinski definition) is 5. The standard InChI is InChI=1S/C27H41N3O3/c1-5-6-7-9-20-18-21-10-8-14-29-25(21)23(19-20)33-22-11-15-30(16-12-22)24(27(2,3)4)13-17-32-26(28)31/h8,10,14,18-19,22,24H,5-7,9,11-13,15-17H2,1-4H3,(H2,28,31). The fourth-order valence-corrected chi connectivity index (χ4v) is 4.95. The first-order chi connectivity index (χ1) is 15.8. The molecular weight excluding hydrogens is 414 g/mol. The highest BCUT2D eigenvalue weighted by Crippen LogP contribution is 2.32. The number of rotatable bonds is 10. The Balaban J connectivity index is 1.65. The molecular formula is C27H41N3O3. The highest BCUT2D eigenvalue weighted by atomic mass is 16.5. The molecule has 1 aromatic heterocycles. The zero-order chi connectivity index (χ0) is 23.8. The van der Waals surface area contributed by atoms with E-state index in [1.54, 1.807) is 0 Å². The highest BCUT2D eigenvalue weighted by Gasteiger charge is 2.33. The van der Waals surface area contributed by atoms with Gasteiger partial charge in [0.25, 0.3) is 0 Å². The molecule has 33 heavy (non-hydrogen) atoms. The van der Waals surface area contributed by atoms with Crippen LogP contribution < -0.4 is 10.5 Å². The van der Waals surface area contributed by atoms with Crippen molar-refractivity contribution in [2.24, 2.45) is 11.1 Å². The summed E-state index contributed by atoms with van der Waals surface area (Å²) in [4.78, 5) is 18.1. The largest absolute Gasteiger partial charge is 0.488 e. The summed E-state index contributed by atoms with van der Waals surface area (Å²) in [6.45, 7) is 11.2. The number of ether oxygens (including phenoxy) is 2. The molecule has 0 aliphatic carbocycles. The van der Waals surface area contributed by atoms with Crippen molar-refractivity contribution in [2.75, 3.05) is 19.7 Å². The molecule has 2 heterocycles. The number of carbonyl (C=O) groups is 1. The number of carbonyl (C=O) groups excluding carboxylic acids is 1. The van der Waals surface area contributed by atoms with Crippen LogP contribution in [0.15, 0.2) is 30.5 Å². The lowest BCUT2D eigenvalue weighted by molar-refractivity contribution is 0.0230. The topological polar surface area (TPSA) is 77.7 Å². The molecule has 6 heteroatoms. The fourth-order valence-electron chi connectivity index (χ4n) is 4.95. The zero-order valence-electron chi connectivity index (χ0n) is 20.8. The quantitative estimate of drug-likeness (QED) is 0.464. The lowest BCUT2D eigenvalue weighted by Crippen LogP contribution is -2.50. The molecule has 0 spiro atoms. The molecule has 1 atom stereocenters. The number of piperidine rings is 1. The highest BCUT2D eigenvalue weighted by molar-refractivity contribution is 5.85. The Kier molecular flexibility index (Phi) is 8.95. The molecule has 1 fully saturated rings. The number of nitrogens with zero attached hydrogens (tertiary/aromatic N) is 2. The Morgan fingerprint density at radius 1 is 1.24 bits per heavy atom. The van der Waals surface area contributed by atoms with Crippen molar-refractivity contribution in [2.45, 2.75) is 84.8 Å². The second kappa shape index (κ2) is 11.7. The van der Waals surface area contributed by atoms with E-state index in [1.165, 1.54) is 24.8 Å². The van der Waals surface area contributed by atoms with E-state index in [2.05, 4.69) is 55.8 Å². The molecule has 1 aliphatic rings. The first kappa shape index (κ1) is 25.3. The minimum atomic E-state index is -0.701. The first-order valence-electron chi connectivity index (χ1n) is 12.5. The van der Waals surface area contributed by atoms with Crippen LogP contribution >= 0.6 is 0 Å². The van der Waals surface area contributed by atoms with Crippen LogP contribution in [0.25, 0.3) is 10.9 Å². The van der Waals surface area contributed by atoms with Gasteiger partial charge in [-0.2, -0.15) is 0 Å². The molecule has 2 aromatic rings. The molecule has 6 nitrogen and oxygen atoms in total. The zero-order valence-corrected chi connectivity index (χ0v) is 20.8. The van der Waals surface area contributed by atoms with Crippen molar-refractivity contribution in [1.29, 1.82) is 0 Å². The summed E-state index contributed by atoms with van der Waals surface area (Å²) in [5.41, 5.74) is 7.52. The van der Waals surface area contributed by atoms with Crippen molar-refractivity contribution in [3.8, 4) is 5.75 Å². The van der Waals surface area contributed by atoms with Gasteiger partial charge >= 0.3 is 6.09 Å². The Morgan fingerprint density at radius 2 is 2.00 bits per heavy atom. The number of hydrogen-bond donors (Lipinski definition) is 1. The van der Waals surface area contributed by atoms with E-state index in [9.17, 15) is 4.79 Å². The number of fused-ring (bicyclic) bond motifs is 1. The van der Waals surface area contributed by atoms with Gasteiger partial charge in [-0.05, 0) is 61.3 Å². The molecule has 1 unspecified atom stereocenters. The van der Waals surface area contributed by atoms with Gasteiger partial charge in [-0.1, -0.05) is 46.6 Å². The predicted octanol–water partition coefficient (Wildman–Crippen LogP) is 5.71. The summed E-state index contributed by atoms with van der Waals surface area (Å²) in [7, 11) is 0. The number of aryl methyl sites for hydroxylation is 1. The average molecular weight is 456 g/mol. The van der Waals surface area contributed by atoms with E-state index in [-0.39, 0.29) is 11.5 Å². The third-order valence-corrected chi connectivity index (χ3v) is 6.64. The number of benzene rings is 1. The molecule has 0 saturated carbocycles. The summed E-state index contributed by atoms with van der Waals surface area (Å²) in [6, 6.07) is 8.91. The Hall–Kier alpha value is -2.34. The van der Waals surface area contributed by atoms with Gasteiger partial charge in [-0.25, -0.2) is 4.79 Å². The molecule has 1 saturated heterocycles. The van der Waals surface area contributed by atoms with Gasteiger partial charge in [0.05, 0.1) is 6.61 Å². The van der Waals surface area contributed by atoms with E-state index < -0.39 is 6.09 Å². The maximum Gasteiger partial charge on any atom is 0.404 e. The van der Waals surface area contributed by atoms with Crippen molar-refractivity contribution >= 4 is 17.0 Å². The maximum atomic E-state index is 11.0. The number of amides is 1. The van der Waals surface area contributed by atoms with Gasteiger partial charge in [0.1, 0.15) is 17.4 Å². The normalized spacial score (nSPS) is 16.6. The summed E-state index contributed by atoms with van der Waals surface area (Å²) in [6.07, 6.45) is 8.80. The van der Waals surface area contributed by atoms with E-state index in [0.717, 1.165) is 55.4 Å². The lowest BCUT2D eigenvalue weighted by Gasteiger charge is -2.43. The third-order valence-electron chi connectivity index (χ3n) is 6.64. The fraction of sp³-hybridized carbons (Fsp3) is 0.630. The van der Waals surface area contributed by atoms with E-state index in [4.69, 9.17) is 15.2 Å². The van der Waals surface area contributed by atoms with Gasteiger partial charge in [-0.3, -0.25) is 9.88 Å². The number of unbranched alkanes of at least 4 members (excludes halogenated alkanes) is 2. The first-order valence-corrected chi connectivity index (χ1v) is 12.5. The Labute approximate surface area is 198 Å². The van der Waals surface area contributed by atoms with Crippen molar-refractivity contribution < 1.29 is 14.3 Å². The third kappa shape index (κ3) is 7.32. The Morgan fingerprint density at radius 3 is 2.67 bits per heavy atom. The van der Waals surface area contributed by atoms with Crippen LogP contribution in [0.3, 0.4) is 0 Å². The molecule has 2 N–H and O–H groups in total. The van der Waals surface area contributed by atoms with E-state index >= 15 is 0 Å². The summed E-state index contributed by atoms with van der Waals surface area (Å²) in [5, 5.41) is 1.15. The number of aromatic nitrogens is 1. The van der Waals surface area contributed by atoms with E-state index in [0.29, 0.717) is 12.6 Å². The van der Waals surface area contributed by atoms with Crippen LogP contribution in [0.2, 0.25) is 0 Å². The smallest absolute Gasteiger partial charge is 0.404 e. The van der Waals surface area contributed by atoms with Gasteiger partial charge < -0.3 is 15.2 Å². The molecule has 1 aromatic carbocycles. The number of likely N-dealkylation sites (tertiary alicyclic amines) is 1.